The number of nitrogens with zero attached hydrogens (tertiary/aromatic N) is 2. The van der Waals surface area contributed by atoms with E-state index in [0.717, 1.165) is 32.6 Å². The van der Waals surface area contributed by atoms with E-state index in [4.69, 9.17) is 13.3 Å². The van der Waals surface area contributed by atoms with Gasteiger partial charge in [0.1, 0.15) is 6.04 Å². The molecular weight excluding hydrogens is 328 g/mol. The molecular formula is C16H34N2O5Si. The van der Waals surface area contributed by atoms with E-state index in [-0.39, 0.29) is 5.67 Å². The highest BCUT2D eigenvalue weighted by molar-refractivity contribution is 6.62. The van der Waals surface area contributed by atoms with Crippen molar-refractivity contribution < 1.29 is 23.2 Å². The molecule has 2 atom stereocenters. The molecule has 142 valence electrons. The van der Waals surface area contributed by atoms with Gasteiger partial charge in [0, 0.05) is 46.0 Å². The summed E-state index contributed by atoms with van der Waals surface area (Å²) in [7, 11) is -2.79. The quantitative estimate of drug-likeness (QED) is 0.558. The first kappa shape index (κ1) is 21.5. The fraction of sp³-hybridized carbons (Fsp3) is 0.938. The summed E-state index contributed by atoms with van der Waals surface area (Å²) in [6.45, 7) is 14.6. The van der Waals surface area contributed by atoms with E-state index in [1.165, 1.54) is 0 Å². The van der Waals surface area contributed by atoms with Gasteiger partial charge >= 0.3 is 14.8 Å². The standard InChI is InChI=1S/C16H34N2O5Si/c1-6-15(24(21-7-2,22-8-3)23-9-4)18-12-10-17(11-13-18)14(5)16(19)20/h14-15H,6-13H2,1-5H3,(H,19,20). The Kier molecular flexibility index (Phi) is 9.39. The fourth-order valence-corrected chi connectivity index (χ4v) is 6.58. The second-order valence-electron chi connectivity index (χ2n) is 5.91. The van der Waals surface area contributed by atoms with Gasteiger partial charge in [-0.2, -0.15) is 0 Å². The molecule has 0 aromatic carbocycles. The van der Waals surface area contributed by atoms with E-state index in [2.05, 4.69) is 11.8 Å². The number of hydrogen-bond acceptors (Lipinski definition) is 6. The molecule has 1 aliphatic heterocycles. The molecule has 1 fully saturated rings. The predicted octanol–water partition coefficient (Wildman–Crippen LogP) is 1.44. The third kappa shape index (κ3) is 5.24. The summed E-state index contributed by atoms with van der Waals surface area (Å²) in [6.07, 6.45) is 0.890. The van der Waals surface area contributed by atoms with Crippen LogP contribution in [0.5, 0.6) is 0 Å². The van der Waals surface area contributed by atoms with E-state index in [1.54, 1.807) is 6.92 Å². The molecule has 0 amide bonds. The zero-order chi connectivity index (χ0) is 18.2. The van der Waals surface area contributed by atoms with Gasteiger partial charge in [0.15, 0.2) is 0 Å². The van der Waals surface area contributed by atoms with Crippen LogP contribution in [-0.2, 0) is 18.1 Å². The third-order valence-corrected chi connectivity index (χ3v) is 8.19. The Labute approximate surface area is 147 Å². The molecule has 24 heavy (non-hydrogen) atoms. The molecule has 0 aromatic heterocycles. The van der Waals surface area contributed by atoms with Crippen LogP contribution < -0.4 is 0 Å². The number of carbonyl (C=O) groups is 1. The molecule has 1 N–H and O–H groups in total. The first-order chi connectivity index (χ1) is 11.5. The molecule has 0 saturated carbocycles. The number of aliphatic carboxylic acids is 1. The van der Waals surface area contributed by atoms with E-state index < -0.39 is 20.8 Å². The van der Waals surface area contributed by atoms with Gasteiger partial charge in [0.25, 0.3) is 0 Å². The van der Waals surface area contributed by atoms with Crippen molar-refractivity contribution in [2.45, 2.75) is 52.7 Å². The highest BCUT2D eigenvalue weighted by atomic mass is 28.4. The third-order valence-electron chi connectivity index (χ3n) is 4.53. The minimum absolute atomic E-state index is 0.111. The zero-order valence-corrected chi connectivity index (χ0v) is 16.8. The van der Waals surface area contributed by atoms with Crippen LogP contribution in [0.1, 0.15) is 41.0 Å². The average Bonchev–Trinajstić information content (AvgIpc) is 2.56. The van der Waals surface area contributed by atoms with Gasteiger partial charge in [-0.3, -0.25) is 14.6 Å². The van der Waals surface area contributed by atoms with Gasteiger partial charge in [0.05, 0.1) is 5.67 Å². The lowest BCUT2D eigenvalue weighted by atomic mass is 10.2. The molecule has 0 spiro atoms. The van der Waals surface area contributed by atoms with Crippen molar-refractivity contribution in [2.75, 3.05) is 46.0 Å². The van der Waals surface area contributed by atoms with Crippen LogP contribution in [0, 0.1) is 0 Å². The minimum atomic E-state index is -2.79. The van der Waals surface area contributed by atoms with Gasteiger partial charge in [-0.05, 0) is 34.1 Å². The molecule has 1 heterocycles. The lowest BCUT2D eigenvalue weighted by Gasteiger charge is -2.45. The van der Waals surface area contributed by atoms with Crippen molar-refractivity contribution in [1.82, 2.24) is 9.80 Å². The summed E-state index contributed by atoms with van der Waals surface area (Å²) in [5.41, 5.74) is 0.111. The van der Waals surface area contributed by atoms with Crippen LogP contribution in [0.2, 0.25) is 0 Å². The smallest absolute Gasteiger partial charge is 0.480 e. The van der Waals surface area contributed by atoms with Crippen molar-refractivity contribution in [2.24, 2.45) is 0 Å². The minimum Gasteiger partial charge on any atom is -0.480 e. The van der Waals surface area contributed by atoms with Crippen molar-refractivity contribution in [3.8, 4) is 0 Å². The zero-order valence-electron chi connectivity index (χ0n) is 15.8. The Morgan fingerprint density at radius 1 is 0.958 bits per heavy atom. The summed E-state index contributed by atoms with van der Waals surface area (Å²) in [6, 6.07) is -0.445. The Hall–Kier alpha value is -0.513. The molecule has 0 aromatic rings. The summed E-state index contributed by atoms with van der Waals surface area (Å²) in [5, 5.41) is 9.19. The van der Waals surface area contributed by atoms with Crippen molar-refractivity contribution in [3.63, 3.8) is 0 Å². The molecule has 0 bridgehead atoms. The monoisotopic (exact) mass is 362 g/mol. The maximum absolute atomic E-state index is 11.2. The van der Waals surface area contributed by atoms with Crippen LogP contribution >= 0.6 is 0 Å². The number of hydrogen-bond donors (Lipinski definition) is 1. The second-order valence-corrected chi connectivity index (χ2v) is 8.65. The first-order valence-corrected chi connectivity index (χ1v) is 10.9. The first-order valence-electron chi connectivity index (χ1n) is 9.08. The van der Waals surface area contributed by atoms with Crippen LogP contribution in [0.15, 0.2) is 0 Å². The molecule has 0 aliphatic carbocycles. The summed E-state index contributed by atoms with van der Waals surface area (Å²) >= 11 is 0. The lowest BCUT2D eigenvalue weighted by Crippen LogP contribution is -2.66. The van der Waals surface area contributed by atoms with Crippen LogP contribution in [0.25, 0.3) is 0 Å². The van der Waals surface area contributed by atoms with Gasteiger partial charge in [-0.25, -0.2) is 0 Å². The normalized spacial score (nSPS) is 20.0. The predicted molar refractivity (Wildman–Crippen MR) is 95.0 cm³/mol. The van der Waals surface area contributed by atoms with Gasteiger partial charge < -0.3 is 18.4 Å². The summed E-state index contributed by atoms with van der Waals surface area (Å²) in [5.74, 6) is -0.767. The Morgan fingerprint density at radius 2 is 1.38 bits per heavy atom. The Balaban J connectivity index is 2.85. The molecule has 1 rings (SSSR count). The molecule has 8 heteroatoms. The highest BCUT2D eigenvalue weighted by Crippen LogP contribution is 2.24. The van der Waals surface area contributed by atoms with Crippen molar-refractivity contribution >= 4 is 14.8 Å². The van der Waals surface area contributed by atoms with Gasteiger partial charge in [0.2, 0.25) is 0 Å². The van der Waals surface area contributed by atoms with E-state index >= 15 is 0 Å². The fourth-order valence-electron chi connectivity index (χ4n) is 3.34. The van der Waals surface area contributed by atoms with E-state index in [0.29, 0.717) is 19.8 Å². The molecule has 2 unspecified atom stereocenters. The van der Waals surface area contributed by atoms with Gasteiger partial charge in [-0.15, -0.1) is 0 Å². The maximum atomic E-state index is 11.2. The Bertz CT molecular complexity index is 360. The molecule has 7 nitrogen and oxygen atoms in total. The summed E-state index contributed by atoms with van der Waals surface area (Å²) < 4.78 is 18.2. The number of carboxylic acids is 1. The highest BCUT2D eigenvalue weighted by Gasteiger charge is 2.51. The van der Waals surface area contributed by atoms with Crippen molar-refractivity contribution in [1.29, 1.82) is 0 Å². The molecule has 1 aliphatic rings. The molecule has 0 radical (unpaired) electrons. The Morgan fingerprint density at radius 3 is 1.71 bits per heavy atom. The van der Waals surface area contributed by atoms with E-state index in [1.807, 2.05) is 25.7 Å². The number of rotatable bonds is 11. The molecule has 1 saturated heterocycles. The van der Waals surface area contributed by atoms with Crippen LogP contribution in [0.3, 0.4) is 0 Å². The largest absolute Gasteiger partial charge is 0.519 e. The van der Waals surface area contributed by atoms with E-state index in [9.17, 15) is 9.90 Å². The SMILES string of the molecule is CCO[Si](OCC)(OCC)C(CC)N1CCN(C(C)C(=O)O)CC1. The van der Waals surface area contributed by atoms with Gasteiger partial charge in [-0.1, -0.05) is 6.92 Å². The average molecular weight is 363 g/mol. The van der Waals surface area contributed by atoms with Crippen LogP contribution in [0.4, 0.5) is 0 Å². The number of carboxylic acid groups (broad SMARTS) is 1. The van der Waals surface area contributed by atoms with Crippen molar-refractivity contribution in [3.05, 3.63) is 0 Å². The maximum Gasteiger partial charge on any atom is 0.519 e. The lowest BCUT2D eigenvalue weighted by molar-refractivity contribution is -0.143. The topological polar surface area (TPSA) is 71.5 Å². The van der Waals surface area contributed by atoms with Crippen LogP contribution in [-0.4, -0.2) is 87.4 Å². The second kappa shape index (κ2) is 10.5. The summed E-state index contributed by atoms with van der Waals surface area (Å²) in [4.78, 5) is 15.5. The number of piperazine rings is 1.